The molecule has 2 aromatic rings. The third-order valence-corrected chi connectivity index (χ3v) is 2.54. The van der Waals surface area contributed by atoms with Gasteiger partial charge in [0.15, 0.2) is 0 Å². The molecule has 0 atom stereocenters. The molecule has 0 aliphatic carbocycles. The lowest BCUT2D eigenvalue weighted by Crippen LogP contribution is -2.07. The van der Waals surface area contributed by atoms with Crippen LogP contribution in [-0.2, 0) is 0 Å². The maximum Gasteiger partial charge on any atom is 0.107 e. The number of nitrogens with one attached hydrogen (secondary N) is 1. The van der Waals surface area contributed by atoms with Crippen molar-refractivity contribution in [1.82, 2.24) is 0 Å². The molecule has 1 heterocycles. The van der Waals surface area contributed by atoms with Gasteiger partial charge in [0.2, 0.25) is 0 Å². The summed E-state index contributed by atoms with van der Waals surface area (Å²) in [7, 11) is 0. The van der Waals surface area contributed by atoms with E-state index in [1.165, 1.54) is 22.0 Å². The molecule has 0 bridgehead atoms. The Kier molecular flexibility index (Phi) is 1.53. The molecule has 0 spiro atoms. The zero-order chi connectivity index (χ0) is 9.38. The SMILES string of the molecule is C1=NCNc2c1ccc1ccccc21. The van der Waals surface area contributed by atoms with Gasteiger partial charge in [-0.05, 0) is 5.39 Å². The molecule has 2 aromatic carbocycles. The number of fused-ring (bicyclic) bond motifs is 3. The van der Waals surface area contributed by atoms with Gasteiger partial charge in [-0.3, -0.25) is 4.99 Å². The highest BCUT2D eigenvalue weighted by molar-refractivity contribution is 6.04. The molecule has 0 amide bonds. The van der Waals surface area contributed by atoms with E-state index in [0.717, 1.165) is 0 Å². The van der Waals surface area contributed by atoms with Gasteiger partial charge in [-0.2, -0.15) is 0 Å². The van der Waals surface area contributed by atoms with Crippen LogP contribution in [-0.4, -0.2) is 12.9 Å². The second-order valence-corrected chi connectivity index (χ2v) is 3.40. The summed E-state index contributed by atoms with van der Waals surface area (Å²) >= 11 is 0. The Morgan fingerprint density at radius 3 is 3.00 bits per heavy atom. The van der Waals surface area contributed by atoms with Crippen LogP contribution in [0.25, 0.3) is 10.8 Å². The summed E-state index contributed by atoms with van der Waals surface area (Å²) in [5.41, 5.74) is 2.38. The molecule has 1 aliphatic rings. The monoisotopic (exact) mass is 182 g/mol. The van der Waals surface area contributed by atoms with E-state index in [0.29, 0.717) is 6.67 Å². The Hall–Kier alpha value is -1.83. The van der Waals surface area contributed by atoms with E-state index in [9.17, 15) is 0 Å². The van der Waals surface area contributed by atoms with Crippen LogP contribution in [0.4, 0.5) is 5.69 Å². The van der Waals surface area contributed by atoms with Crippen molar-refractivity contribution in [3.05, 3.63) is 42.0 Å². The summed E-state index contributed by atoms with van der Waals surface area (Å²) in [6.45, 7) is 0.682. The van der Waals surface area contributed by atoms with Gasteiger partial charge >= 0.3 is 0 Å². The van der Waals surface area contributed by atoms with E-state index in [1.807, 2.05) is 6.21 Å². The first-order valence-corrected chi connectivity index (χ1v) is 4.70. The molecular formula is C12H10N2. The van der Waals surface area contributed by atoms with E-state index in [4.69, 9.17) is 0 Å². The lowest BCUT2D eigenvalue weighted by molar-refractivity contribution is 1.13. The van der Waals surface area contributed by atoms with Crippen LogP contribution in [0.3, 0.4) is 0 Å². The average molecular weight is 182 g/mol. The van der Waals surface area contributed by atoms with Crippen LogP contribution in [0.5, 0.6) is 0 Å². The Morgan fingerprint density at radius 2 is 2.00 bits per heavy atom. The predicted molar refractivity (Wildman–Crippen MR) is 60.0 cm³/mol. The molecule has 1 N–H and O–H groups in total. The van der Waals surface area contributed by atoms with Crippen LogP contribution >= 0.6 is 0 Å². The first-order valence-electron chi connectivity index (χ1n) is 4.70. The lowest BCUT2D eigenvalue weighted by Gasteiger charge is -2.14. The lowest BCUT2D eigenvalue weighted by atomic mass is 10.0. The quantitative estimate of drug-likeness (QED) is 0.665. The first kappa shape index (κ1) is 7.56. The van der Waals surface area contributed by atoms with Crippen molar-refractivity contribution in [2.75, 3.05) is 12.0 Å². The normalized spacial score (nSPS) is 13.7. The summed E-state index contributed by atoms with van der Waals surface area (Å²) in [6, 6.07) is 12.6. The number of aliphatic imine (C=N–C) groups is 1. The van der Waals surface area contributed by atoms with Crippen molar-refractivity contribution in [1.29, 1.82) is 0 Å². The van der Waals surface area contributed by atoms with Gasteiger partial charge < -0.3 is 5.32 Å². The molecule has 0 fully saturated rings. The van der Waals surface area contributed by atoms with Crippen LogP contribution in [0.15, 0.2) is 41.4 Å². The summed E-state index contributed by atoms with van der Waals surface area (Å²) in [4.78, 5) is 4.19. The Morgan fingerprint density at radius 1 is 1.07 bits per heavy atom. The number of benzene rings is 2. The zero-order valence-corrected chi connectivity index (χ0v) is 7.70. The fraction of sp³-hybridized carbons (Fsp3) is 0.0833. The average Bonchev–Trinajstić information content (AvgIpc) is 2.29. The minimum Gasteiger partial charge on any atom is -0.365 e. The molecule has 0 unspecified atom stereocenters. The molecule has 3 rings (SSSR count). The van der Waals surface area contributed by atoms with Crippen LogP contribution < -0.4 is 5.32 Å². The third-order valence-electron chi connectivity index (χ3n) is 2.54. The van der Waals surface area contributed by atoms with Gasteiger partial charge in [-0.25, -0.2) is 0 Å². The molecule has 2 nitrogen and oxygen atoms in total. The summed E-state index contributed by atoms with van der Waals surface area (Å²) < 4.78 is 0. The van der Waals surface area contributed by atoms with Crippen LogP contribution in [0, 0.1) is 0 Å². The van der Waals surface area contributed by atoms with Gasteiger partial charge in [0, 0.05) is 17.2 Å². The highest BCUT2D eigenvalue weighted by Crippen LogP contribution is 2.27. The second kappa shape index (κ2) is 2.84. The number of hydrogen-bond donors (Lipinski definition) is 1. The van der Waals surface area contributed by atoms with E-state index in [1.54, 1.807) is 0 Å². The molecule has 68 valence electrons. The maximum atomic E-state index is 4.19. The van der Waals surface area contributed by atoms with Gasteiger partial charge in [0.1, 0.15) is 6.67 Å². The number of anilines is 1. The van der Waals surface area contributed by atoms with Gasteiger partial charge in [0.05, 0.1) is 5.69 Å². The van der Waals surface area contributed by atoms with Crippen LogP contribution in [0.1, 0.15) is 5.56 Å². The maximum absolute atomic E-state index is 4.19. The number of hydrogen-bond acceptors (Lipinski definition) is 2. The fourth-order valence-corrected chi connectivity index (χ4v) is 1.86. The van der Waals surface area contributed by atoms with Gasteiger partial charge in [-0.1, -0.05) is 36.4 Å². The highest BCUT2D eigenvalue weighted by Gasteiger charge is 2.07. The van der Waals surface area contributed by atoms with Gasteiger partial charge in [-0.15, -0.1) is 0 Å². The smallest absolute Gasteiger partial charge is 0.107 e. The van der Waals surface area contributed by atoms with E-state index in [-0.39, 0.29) is 0 Å². The first-order chi connectivity index (χ1) is 6.95. The summed E-state index contributed by atoms with van der Waals surface area (Å²) in [6.07, 6.45) is 1.93. The number of rotatable bonds is 0. The largest absolute Gasteiger partial charge is 0.365 e. The fourth-order valence-electron chi connectivity index (χ4n) is 1.86. The molecular weight excluding hydrogens is 172 g/mol. The summed E-state index contributed by atoms with van der Waals surface area (Å²) in [5.74, 6) is 0. The van der Waals surface area contributed by atoms with E-state index < -0.39 is 0 Å². The molecule has 14 heavy (non-hydrogen) atoms. The van der Waals surface area contributed by atoms with Crippen molar-refractivity contribution < 1.29 is 0 Å². The second-order valence-electron chi connectivity index (χ2n) is 3.40. The topological polar surface area (TPSA) is 24.4 Å². The third kappa shape index (κ3) is 1.01. The predicted octanol–water partition coefficient (Wildman–Crippen LogP) is 2.64. The van der Waals surface area contributed by atoms with Gasteiger partial charge in [0.25, 0.3) is 0 Å². The van der Waals surface area contributed by atoms with E-state index in [2.05, 4.69) is 46.7 Å². The molecule has 0 saturated heterocycles. The van der Waals surface area contributed by atoms with Crippen molar-refractivity contribution in [2.24, 2.45) is 4.99 Å². The highest BCUT2D eigenvalue weighted by atomic mass is 15.0. The van der Waals surface area contributed by atoms with Crippen molar-refractivity contribution in [2.45, 2.75) is 0 Å². The van der Waals surface area contributed by atoms with Crippen molar-refractivity contribution >= 4 is 22.7 Å². The zero-order valence-electron chi connectivity index (χ0n) is 7.70. The van der Waals surface area contributed by atoms with Crippen LogP contribution in [0.2, 0.25) is 0 Å². The molecule has 0 saturated carbocycles. The molecule has 1 aliphatic heterocycles. The van der Waals surface area contributed by atoms with E-state index >= 15 is 0 Å². The number of nitrogens with zero attached hydrogens (tertiary/aromatic N) is 1. The Bertz CT molecular complexity index is 515. The summed E-state index contributed by atoms with van der Waals surface area (Å²) in [5, 5.41) is 5.85. The van der Waals surface area contributed by atoms with Crippen molar-refractivity contribution in [3.8, 4) is 0 Å². The minimum absolute atomic E-state index is 0.682. The Labute approximate surface area is 82.3 Å². The Balaban J connectivity index is 2.41. The standard InChI is InChI=1S/C12H10N2/c1-2-4-11-9(3-1)5-6-10-7-13-8-14-12(10)11/h1-7,14H,8H2. The minimum atomic E-state index is 0.682. The van der Waals surface area contributed by atoms with Crippen molar-refractivity contribution in [3.63, 3.8) is 0 Å². The molecule has 0 radical (unpaired) electrons. The molecule has 2 heteroatoms. The molecule has 0 aromatic heterocycles.